The Labute approximate surface area is 146 Å². The van der Waals surface area contributed by atoms with E-state index >= 15 is 0 Å². The number of hydrogen-bond acceptors (Lipinski definition) is 2. The number of carbonyl (C=O) groups excluding carboxylic acids is 2. The van der Waals surface area contributed by atoms with Crippen LogP contribution in [0.2, 0.25) is 0 Å². The van der Waals surface area contributed by atoms with Crippen molar-refractivity contribution < 1.29 is 9.59 Å². The minimum atomic E-state index is -0.282. The van der Waals surface area contributed by atoms with E-state index in [2.05, 4.69) is 36.4 Å². The van der Waals surface area contributed by atoms with Gasteiger partial charge in [-0.15, -0.1) is 0 Å². The average Bonchev–Trinajstić information content (AvgIpc) is 2.57. The first-order chi connectivity index (χ1) is 10.8. The Balaban J connectivity index is 2.17. The molecule has 0 fully saturated rings. The first kappa shape index (κ1) is 17.2. The van der Waals surface area contributed by atoms with Gasteiger partial charge >= 0.3 is 147 Å². The standard InChI is InChI=1S/C18H14O2Te2/c19-13-5-9-15-7-1-3-11-17(15)21-22-18-12-4-2-8-16(18)10-6-14-20/h1-14H/b9-5-,10-6+. The van der Waals surface area contributed by atoms with Crippen molar-refractivity contribution in [3.05, 3.63) is 71.8 Å². The molecular weight excluding hydrogens is 503 g/mol. The average molecular weight is 518 g/mol. The van der Waals surface area contributed by atoms with Crippen LogP contribution in [-0.4, -0.2) is 46.7 Å². The van der Waals surface area contributed by atoms with Gasteiger partial charge < -0.3 is 0 Å². The van der Waals surface area contributed by atoms with Gasteiger partial charge in [0.25, 0.3) is 0 Å². The molecule has 0 radical (unpaired) electrons. The number of benzene rings is 2. The van der Waals surface area contributed by atoms with E-state index in [1.165, 1.54) is 7.22 Å². The molecule has 110 valence electrons. The molecule has 0 aromatic heterocycles. The van der Waals surface area contributed by atoms with Crippen LogP contribution in [0.1, 0.15) is 11.1 Å². The Hall–Kier alpha value is -1.16. The summed E-state index contributed by atoms with van der Waals surface area (Å²) in [5, 5.41) is 0. The molecule has 2 nitrogen and oxygen atoms in total. The van der Waals surface area contributed by atoms with Crippen LogP contribution in [0.4, 0.5) is 0 Å². The maximum atomic E-state index is 10.5. The van der Waals surface area contributed by atoms with Gasteiger partial charge in [-0.3, -0.25) is 0 Å². The van der Waals surface area contributed by atoms with Gasteiger partial charge in [-0.1, -0.05) is 0 Å². The molecule has 0 aliphatic carbocycles. The van der Waals surface area contributed by atoms with Gasteiger partial charge in [0.05, 0.1) is 0 Å². The first-order valence-corrected chi connectivity index (χ1v) is 16.3. The third-order valence-corrected chi connectivity index (χ3v) is 14.6. The number of allylic oxidation sites excluding steroid dienone is 2. The van der Waals surface area contributed by atoms with Crippen LogP contribution in [-0.2, 0) is 9.59 Å². The summed E-state index contributed by atoms with van der Waals surface area (Å²) in [6.45, 7) is 0. The molecule has 22 heavy (non-hydrogen) atoms. The quantitative estimate of drug-likeness (QED) is 0.316. The van der Waals surface area contributed by atoms with E-state index in [-0.39, 0.29) is 34.1 Å². The maximum absolute atomic E-state index is 10.5. The van der Waals surface area contributed by atoms with Crippen molar-refractivity contribution in [2.24, 2.45) is 0 Å². The fourth-order valence-electron chi connectivity index (χ4n) is 1.76. The molecule has 0 spiro atoms. The van der Waals surface area contributed by atoms with Crippen LogP contribution in [0.3, 0.4) is 0 Å². The number of carbonyl (C=O) groups is 2. The third kappa shape index (κ3) is 5.24. The van der Waals surface area contributed by atoms with Gasteiger partial charge in [-0.25, -0.2) is 0 Å². The van der Waals surface area contributed by atoms with Gasteiger partial charge in [0.15, 0.2) is 0 Å². The van der Waals surface area contributed by atoms with Crippen molar-refractivity contribution in [3.8, 4) is 0 Å². The summed E-state index contributed by atoms with van der Waals surface area (Å²) >= 11 is -0.564. The molecule has 0 unspecified atom stereocenters. The summed E-state index contributed by atoms with van der Waals surface area (Å²) in [5.41, 5.74) is 2.31. The van der Waals surface area contributed by atoms with E-state index < -0.39 is 0 Å². The van der Waals surface area contributed by atoms with Crippen molar-refractivity contribution in [1.82, 2.24) is 0 Å². The van der Waals surface area contributed by atoms with Crippen LogP contribution in [0.5, 0.6) is 0 Å². The zero-order chi connectivity index (χ0) is 15.6. The molecule has 0 N–H and O–H groups in total. The Morgan fingerprint density at radius 1 is 0.636 bits per heavy atom. The zero-order valence-electron chi connectivity index (χ0n) is 11.7. The molecular formula is C18H14O2Te2. The van der Waals surface area contributed by atoms with E-state index in [0.717, 1.165) is 23.7 Å². The number of rotatable bonds is 7. The van der Waals surface area contributed by atoms with Gasteiger partial charge in [0.2, 0.25) is 0 Å². The molecule has 0 bridgehead atoms. The third-order valence-electron chi connectivity index (χ3n) is 2.77. The Bertz CT molecular complexity index is 644. The van der Waals surface area contributed by atoms with Gasteiger partial charge in [0.1, 0.15) is 0 Å². The molecule has 2 rings (SSSR count). The van der Waals surface area contributed by atoms with Crippen molar-refractivity contribution in [1.29, 1.82) is 0 Å². The van der Waals surface area contributed by atoms with Gasteiger partial charge in [-0.2, -0.15) is 0 Å². The summed E-state index contributed by atoms with van der Waals surface area (Å²) in [5.74, 6) is 0. The second kappa shape index (κ2) is 9.77. The summed E-state index contributed by atoms with van der Waals surface area (Å²) in [6, 6.07) is 16.6. The van der Waals surface area contributed by atoms with Crippen LogP contribution in [0.25, 0.3) is 12.2 Å². The summed E-state index contributed by atoms with van der Waals surface area (Å²) < 4.78 is 2.78. The molecule has 0 heterocycles. The fraction of sp³-hybridized carbons (Fsp3) is 0. The second-order valence-corrected chi connectivity index (χ2v) is 14.1. The Morgan fingerprint density at radius 3 is 1.45 bits per heavy atom. The van der Waals surface area contributed by atoms with E-state index in [9.17, 15) is 9.59 Å². The molecule has 0 aliphatic heterocycles. The normalized spacial score (nSPS) is 11.1. The molecule has 2 aromatic carbocycles. The van der Waals surface area contributed by atoms with Crippen molar-refractivity contribution in [2.75, 3.05) is 0 Å². The van der Waals surface area contributed by atoms with Crippen LogP contribution in [0, 0.1) is 0 Å². The number of hydrogen-bond donors (Lipinski definition) is 0. The van der Waals surface area contributed by atoms with E-state index in [1.807, 2.05) is 24.3 Å². The summed E-state index contributed by atoms with van der Waals surface area (Å²) in [7, 11) is 0. The fourth-order valence-corrected chi connectivity index (χ4v) is 13.6. The minimum absolute atomic E-state index is 0.282. The molecule has 4 heteroatoms. The molecule has 0 amide bonds. The van der Waals surface area contributed by atoms with Crippen molar-refractivity contribution in [3.63, 3.8) is 0 Å². The molecule has 0 aliphatic rings. The predicted molar refractivity (Wildman–Crippen MR) is 93.9 cm³/mol. The van der Waals surface area contributed by atoms with Gasteiger partial charge in [0, 0.05) is 0 Å². The second-order valence-electron chi connectivity index (χ2n) is 4.23. The Kier molecular flexibility index (Phi) is 7.64. The molecule has 0 atom stereocenters. The summed E-state index contributed by atoms with van der Waals surface area (Å²) in [6.07, 6.45) is 8.50. The van der Waals surface area contributed by atoms with E-state index in [0.29, 0.717) is 0 Å². The Morgan fingerprint density at radius 2 is 1.05 bits per heavy atom. The van der Waals surface area contributed by atoms with Crippen molar-refractivity contribution >= 4 is 66.1 Å². The van der Waals surface area contributed by atoms with Gasteiger partial charge in [-0.05, 0) is 0 Å². The molecule has 0 saturated heterocycles. The van der Waals surface area contributed by atoms with Crippen LogP contribution >= 0.6 is 0 Å². The topological polar surface area (TPSA) is 34.1 Å². The molecule has 0 saturated carbocycles. The zero-order valence-corrected chi connectivity index (χ0v) is 16.4. The SMILES string of the molecule is O=C/C=C\c1ccccc1[Te][Te]c1ccccc1/C=C/C=O. The van der Waals surface area contributed by atoms with Crippen LogP contribution in [0.15, 0.2) is 60.7 Å². The summed E-state index contributed by atoms with van der Waals surface area (Å²) in [4.78, 5) is 21.0. The van der Waals surface area contributed by atoms with E-state index in [4.69, 9.17) is 0 Å². The van der Waals surface area contributed by atoms with Crippen molar-refractivity contribution in [2.45, 2.75) is 0 Å². The molecule has 2 aromatic rings. The predicted octanol–water partition coefficient (Wildman–Crippen LogP) is 1.39. The number of aldehydes is 2. The van der Waals surface area contributed by atoms with Crippen LogP contribution < -0.4 is 7.22 Å². The monoisotopic (exact) mass is 522 g/mol. The first-order valence-electron chi connectivity index (χ1n) is 6.61. The van der Waals surface area contributed by atoms with E-state index in [1.54, 1.807) is 12.2 Å².